The molecule has 0 saturated heterocycles. The van der Waals surface area contributed by atoms with Crippen LogP contribution < -0.4 is 0 Å². The number of aryl methyl sites for hydroxylation is 1. The largest absolute Gasteiger partial charge is 0.0764 e. The first-order chi connectivity index (χ1) is 7.61. The number of rotatable bonds is 4. The third kappa shape index (κ3) is 4.48. The van der Waals surface area contributed by atoms with Crippen molar-refractivity contribution < 1.29 is 0 Å². The fraction of sp³-hybridized carbons (Fsp3) is 0.375. The molecule has 0 heterocycles. The van der Waals surface area contributed by atoms with Crippen LogP contribution >= 0.6 is 0 Å². The quantitative estimate of drug-likeness (QED) is 0.629. The molecule has 86 valence electrons. The first kappa shape index (κ1) is 12.8. The molecule has 0 nitrogen and oxygen atoms in total. The van der Waals surface area contributed by atoms with Crippen LogP contribution in [-0.4, -0.2) is 0 Å². The van der Waals surface area contributed by atoms with Gasteiger partial charge in [-0.2, -0.15) is 0 Å². The second-order valence-corrected chi connectivity index (χ2v) is 4.59. The van der Waals surface area contributed by atoms with Crippen molar-refractivity contribution in [1.82, 2.24) is 0 Å². The van der Waals surface area contributed by atoms with Gasteiger partial charge in [-0.05, 0) is 39.2 Å². The van der Waals surface area contributed by atoms with Crippen molar-refractivity contribution in [2.75, 3.05) is 0 Å². The number of hydrogen-bond donors (Lipinski definition) is 0. The number of allylic oxidation sites excluding steroid dienone is 4. The summed E-state index contributed by atoms with van der Waals surface area (Å²) in [5, 5.41) is 0. The summed E-state index contributed by atoms with van der Waals surface area (Å²) in [5.41, 5.74) is 5.60. The van der Waals surface area contributed by atoms with E-state index in [0.29, 0.717) is 0 Å². The molecule has 0 aliphatic carbocycles. The normalized spacial score (nSPS) is 11.4. The predicted octanol–water partition coefficient (Wildman–Crippen LogP) is 4.84. The van der Waals surface area contributed by atoms with Crippen LogP contribution in [0.3, 0.4) is 0 Å². The van der Waals surface area contributed by atoms with E-state index in [0.717, 1.165) is 12.8 Å². The minimum Gasteiger partial charge on any atom is -0.0764 e. The molecule has 0 N–H and O–H groups in total. The molecule has 1 aromatic carbocycles. The Bertz CT molecular complexity index is 390. The van der Waals surface area contributed by atoms with Crippen LogP contribution in [0.4, 0.5) is 0 Å². The molecule has 1 rings (SSSR count). The van der Waals surface area contributed by atoms with Gasteiger partial charge < -0.3 is 0 Å². The van der Waals surface area contributed by atoms with Crippen LogP contribution in [0.5, 0.6) is 0 Å². The molecule has 16 heavy (non-hydrogen) atoms. The van der Waals surface area contributed by atoms with Crippen LogP contribution in [0, 0.1) is 6.92 Å². The maximum atomic E-state index is 2.27. The van der Waals surface area contributed by atoms with Crippen molar-refractivity contribution in [2.45, 2.75) is 40.5 Å². The molecule has 0 aliphatic heterocycles. The lowest BCUT2D eigenvalue weighted by molar-refractivity contribution is 1.00. The topological polar surface area (TPSA) is 0 Å². The highest BCUT2D eigenvalue weighted by atomic mass is 14.0. The van der Waals surface area contributed by atoms with Gasteiger partial charge in [0.25, 0.3) is 0 Å². The molecule has 0 atom stereocenters. The Hall–Kier alpha value is -1.30. The molecule has 0 radical (unpaired) electrons. The van der Waals surface area contributed by atoms with Crippen molar-refractivity contribution in [3.63, 3.8) is 0 Å². The molecule has 0 unspecified atom stereocenters. The van der Waals surface area contributed by atoms with Gasteiger partial charge in [0.05, 0.1) is 0 Å². The average molecular weight is 214 g/mol. The summed E-state index contributed by atoms with van der Waals surface area (Å²) in [6, 6.07) is 8.76. The summed E-state index contributed by atoms with van der Waals surface area (Å²) in [4.78, 5) is 0. The summed E-state index contributed by atoms with van der Waals surface area (Å²) >= 11 is 0. The Morgan fingerprint density at radius 3 is 2.50 bits per heavy atom. The summed E-state index contributed by atoms with van der Waals surface area (Å²) in [7, 11) is 0. The summed E-state index contributed by atoms with van der Waals surface area (Å²) < 4.78 is 0. The lowest BCUT2D eigenvalue weighted by Gasteiger charge is -2.05. The van der Waals surface area contributed by atoms with Gasteiger partial charge in [-0.1, -0.05) is 60.1 Å². The molecular weight excluding hydrogens is 192 g/mol. The van der Waals surface area contributed by atoms with E-state index in [2.05, 4.69) is 64.1 Å². The molecule has 0 bridgehead atoms. The first-order valence-electron chi connectivity index (χ1n) is 6.00. The Morgan fingerprint density at radius 2 is 1.94 bits per heavy atom. The molecule has 1 aromatic rings. The highest BCUT2D eigenvalue weighted by Gasteiger charge is 1.97. The van der Waals surface area contributed by atoms with Crippen LogP contribution in [-0.2, 0) is 6.42 Å². The van der Waals surface area contributed by atoms with Gasteiger partial charge in [-0.25, -0.2) is 0 Å². The van der Waals surface area contributed by atoms with Crippen LogP contribution in [0.1, 0.15) is 38.3 Å². The second kappa shape index (κ2) is 6.32. The van der Waals surface area contributed by atoms with Gasteiger partial charge in [0, 0.05) is 0 Å². The molecule has 0 amide bonds. The maximum absolute atomic E-state index is 2.27. The minimum atomic E-state index is 1.07. The third-order valence-electron chi connectivity index (χ3n) is 2.62. The standard InChI is InChI=1S/C16H22/c1-5-15(10-9-13(2)3)12-16-8-6-7-14(4)11-16/h6-11H,5,12H2,1-4H3/b15-10+. The number of hydrogen-bond acceptors (Lipinski definition) is 0. The van der Waals surface area contributed by atoms with Crippen LogP contribution in [0.2, 0.25) is 0 Å². The van der Waals surface area contributed by atoms with E-state index in [4.69, 9.17) is 0 Å². The molecule has 0 aliphatic rings. The predicted molar refractivity (Wildman–Crippen MR) is 72.7 cm³/mol. The van der Waals surface area contributed by atoms with E-state index in [1.807, 2.05) is 0 Å². The first-order valence-corrected chi connectivity index (χ1v) is 6.00. The summed E-state index contributed by atoms with van der Waals surface area (Å²) in [6.07, 6.45) is 6.66. The Balaban J connectivity index is 2.78. The fourth-order valence-corrected chi connectivity index (χ4v) is 1.67. The van der Waals surface area contributed by atoms with Gasteiger partial charge >= 0.3 is 0 Å². The average Bonchev–Trinajstić information content (AvgIpc) is 2.24. The van der Waals surface area contributed by atoms with Gasteiger partial charge in [0.2, 0.25) is 0 Å². The van der Waals surface area contributed by atoms with Crippen molar-refractivity contribution in [2.24, 2.45) is 0 Å². The molecule has 0 spiro atoms. The molecule has 0 saturated carbocycles. The van der Waals surface area contributed by atoms with Crippen molar-refractivity contribution in [1.29, 1.82) is 0 Å². The van der Waals surface area contributed by atoms with Gasteiger partial charge in [0.15, 0.2) is 0 Å². The molecule has 0 aromatic heterocycles. The van der Waals surface area contributed by atoms with E-state index in [1.165, 1.54) is 22.3 Å². The zero-order chi connectivity index (χ0) is 12.0. The lowest BCUT2D eigenvalue weighted by Crippen LogP contribution is -1.90. The van der Waals surface area contributed by atoms with Gasteiger partial charge in [-0.3, -0.25) is 0 Å². The van der Waals surface area contributed by atoms with E-state index in [-0.39, 0.29) is 0 Å². The molecule has 0 fully saturated rings. The van der Waals surface area contributed by atoms with E-state index >= 15 is 0 Å². The highest BCUT2D eigenvalue weighted by Crippen LogP contribution is 2.13. The van der Waals surface area contributed by atoms with E-state index < -0.39 is 0 Å². The highest BCUT2D eigenvalue weighted by molar-refractivity contribution is 5.28. The summed E-state index contributed by atoms with van der Waals surface area (Å²) in [6.45, 7) is 8.64. The zero-order valence-electron chi connectivity index (χ0n) is 10.9. The van der Waals surface area contributed by atoms with Gasteiger partial charge in [-0.15, -0.1) is 0 Å². The van der Waals surface area contributed by atoms with Crippen molar-refractivity contribution in [3.8, 4) is 0 Å². The van der Waals surface area contributed by atoms with Crippen molar-refractivity contribution >= 4 is 0 Å². The van der Waals surface area contributed by atoms with Crippen LogP contribution in [0.15, 0.2) is 47.6 Å². The van der Waals surface area contributed by atoms with Crippen LogP contribution in [0.25, 0.3) is 0 Å². The maximum Gasteiger partial charge on any atom is -0.00640 e. The lowest BCUT2D eigenvalue weighted by atomic mass is 10.0. The third-order valence-corrected chi connectivity index (χ3v) is 2.62. The molecule has 0 heteroatoms. The Labute approximate surface area is 99.7 Å². The smallest absolute Gasteiger partial charge is 0.00640 e. The Kier molecular flexibility index (Phi) is 5.04. The minimum absolute atomic E-state index is 1.07. The van der Waals surface area contributed by atoms with Gasteiger partial charge in [0.1, 0.15) is 0 Å². The Morgan fingerprint density at radius 1 is 1.19 bits per heavy atom. The summed E-state index contributed by atoms with van der Waals surface area (Å²) in [5.74, 6) is 0. The monoisotopic (exact) mass is 214 g/mol. The zero-order valence-corrected chi connectivity index (χ0v) is 10.9. The number of benzene rings is 1. The molecular formula is C16H22. The van der Waals surface area contributed by atoms with E-state index in [9.17, 15) is 0 Å². The fourth-order valence-electron chi connectivity index (χ4n) is 1.67. The van der Waals surface area contributed by atoms with Crippen molar-refractivity contribution in [3.05, 3.63) is 58.7 Å². The van der Waals surface area contributed by atoms with E-state index in [1.54, 1.807) is 0 Å². The SMILES string of the molecule is CC/C(=C\C=C(C)C)Cc1cccc(C)c1. The second-order valence-electron chi connectivity index (χ2n) is 4.59.